The van der Waals surface area contributed by atoms with E-state index >= 15 is 0 Å². The maximum Gasteiger partial charge on any atom is 0.306 e. The molecule has 11 nitrogen and oxygen atoms in total. The second-order valence-electron chi connectivity index (χ2n) is 10.6. The molecule has 0 spiro atoms. The number of pyridine rings is 1. The number of hydrogen-bond donors (Lipinski definition) is 2. The van der Waals surface area contributed by atoms with Crippen LogP contribution in [0.25, 0.3) is 0 Å². The van der Waals surface area contributed by atoms with E-state index < -0.39 is 17.0 Å². The summed E-state index contributed by atoms with van der Waals surface area (Å²) < 4.78 is 5.05. The lowest BCUT2D eigenvalue weighted by molar-refractivity contribution is -0.757. The fourth-order valence-corrected chi connectivity index (χ4v) is 6.43. The molecule has 1 saturated carbocycles. The van der Waals surface area contributed by atoms with E-state index in [0.29, 0.717) is 23.2 Å². The van der Waals surface area contributed by atoms with Gasteiger partial charge in [-0.25, -0.2) is 4.98 Å². The van der Waals surface area contributed by atoms with Gasteiger partial charge < -0.3 is 14.6 Å². The number of carbonyl (C=O) groups is 2. The number of aryl methyl sites for hydroxylation is 2. The van der Waals surface area contributed by atoms with Gasteiger partial charge in [0.25, 0.3) is 16.6 Å². The van der Waals surface area contributed by atoms with Gasteiger partial charge in [-0.05, 0) is 49.1 Å². The number of hydrogen-bond acceptors (Lipinski definition) is 9. The summed E-state index contributed by atoms with van der Waals surface area (Å²) in [6, 6.07) is 0. The Balaban J connectivity index is 1.41. The Morgan fingerprint density at radius 1 is 1.10 bits per heavy atom. The van der Waals surface area contributed by atoms with Crippen LogP contribution < -0.4 is 10.9 Å². The van der Waals surface area contributed by atoms with E-state index in [2.05, 4.69) is 20.1 Å². The van der Waals surface area contributed by atoms with Crippen molar-refractivity contribution in [1.29, 1.82) is 0 Å². The van der Waals surface area contributed by atoms with Gasteiger partial charge in [0.2, 0.25) is 0 Å². The molecule has 2 aromatic heterocycles. The summed E-state index contributed by atoms with van der Waals surface area (Å²) in [5.41, 5.74) is 3.60. The molecular weight excluding hydrogens is 536 g/mol. The molecule has 0 unspecified atom stereocenters. The lowest BCUT2D eigenvalue weighted by Crippen LogP contribution is -2.30. The van der Waals surface area contributed by atoms with Crippen molar-refractivity contribution in [1.82, 2.24) is 9.97 Å². The van der Waals surface area contributed by atoms with Crippen molar-refractivity contribution in [3.8, 4) is 0 Å². The smallest absolute Gasteiger partial charge is 0.306 e. The predicted octanol–water partition coefficient (Wildman–Crippen LogP) is 4.94. The quantitative estimate of drug-likeness (QED) is 0.156. The molecule has 40 heavy (non-hydrogen) atoms. The van der Waals surface area contributed by atoms with Gasteiger partial charge in [0.1, 0.15) is 5.56 Å². The summed E-state index contributed by atoms with van der Waals surface area (Å²) in [4.78, 5) is 60.6. The predicted molar refractivity (Wildman–Crippen MR) is 150 cm³/mol. The van der Waals surface area contributed by atoms with Gasteiger partial charge in [-0.3, -0.25) is 19.7 Å². The second kappa shape index (κ2) is 14.9. The van der Waals surface area contributed by atoms with Crippen molar-refractivity contribution in [2.45, 2.75) is 96.3 Å². The largest absolute Gasteiger partial charge is 0.466 e. The van der Waals surface area contributed by atoms with Crippen LogP contribution >= 0.6 is 11.3 Å². The van der Waals surface area contributed by atoms with E-state index in [1.54, 1.807) is 5.38 Å². The first-order valence-electron chi connectivity index (χ1n) is 14.4. The zero-order chi connectivity index (χ0) is 28.3. The first-order chi connectivity index (χ1) is 19.4. The molecule has 0 saturated heterocycles. The molecule has 0 aromatic carbocycles. The average Bonchev–Trinajstić information content (AvgIpc) is 3.36. The zero-order valence-electron chi connectivity index (χ0n) is 22.8. The topological polar surface area (TPSA) is 154 Å². The molecule has 2 N–H and O–H groups in total. The van der Waals surface area contributed by atoms with Crippen LogP contribution in [-0.2, 0) is 40.1 Å². The lowest BCUT2D eigenvalue weighted by atomic mass is 9.81. The van der Waals surface area contributed by atoms with Crippen molar-refractivity contribution >= 4 is 28.3 Å². The van der Waals surface area contributed by atoms with Crippen LogP contribution in [0.1, 0.15) is 104 Å². The third-order valence-corrected chi connectivity index (χ3v) is 8.48. The van der Waals surface area contributed by atoms with E-state index in [4.69, 9.17) is 4.74 Å². The monoisotopic (exact) mass is 574 g/mol. The molecule has 0 aliphatic heterocycles. The number of anilines is 1. The molecule has 0 radical (unpaired) electrons. The second-order valence-corrected chi connectivity index (χ2v) is 11.5. The number of carbonyl (C=O) groups excluding carboxylic acids is 2. The van der Waals surface area contributed by atoms with Crippen molar-refractivity contribution in [3.63, 3.8) is 0 Å². The van der Waals surface area contributed by atoms with Crippen LogP contribution in [0.15, 0.2) is 10.2 Å². The molecular formula is C28H38N4O7S. The highest BCUT2D eigenvalue weighted by Crippen LogP contribution is 2.31. The van der Waals surface area contributed by atoms with E-state index in [0.717, 1.165) is 69.0 Å². The fraction of sp³-hybridized carbons (Fsp3) is 0.643. The number of ether oxygens (including phenoxy) is 1. The van der Waals surface area contributed by atoms with Gasteiger partial charge in [-0.1, -0.05) is 44.9 Å². The van der Waals surface area contributed by atoms with Crippen LogP contribution in [0.5, 0.6) is 0 Å². The number of nitrogens with one attached hydrogen (secondary N) is 2. The standard InChI is InChI=1S/C28H38N4O7S/c33-24(38-15-8-16-39-32(36)37)14-13-20-18-40-28(29-20)31-27(35)25-22(17-19-9-4-3-5-10-19)21-11-6-1-2-7-12-23(21)30-26(25)34/h18-19H,1-17H2,(H,30,34)(H,29,31,35). The van der Waals surface area contributed by atoms with E-state index in [-0.39, 0.29) is 37.2 Å². The van der Waals surface area contributed by atoms with Crippen LogP contribution in [-0.4, -0.2) is 40.1 Å². The number of thiazole rings is 1. The van der Waals surface area contributed by atoms with Gasteiger partial charge in [0, 0.05) is 23.9 Å². The molecule has 1 amide bonds. The Labute approximate surface area is 237 Å². The number of aromatic amines is 1. The number of esters is 1. The highest BCUT2D eigenvalue weighted by Gasteiger charge is 2.26. The molecule has 2 aliphatic carbocycles. The minimum Gasteiger partial charge on any atom is -0.466 e. The van der Waals surface area contributed by atoms with Crippen molar-refractivity contribution < 1.29 is 24.3 Å². The highest BCUT2D eigenvalue weighted by atomic mass is 32.1. The van der Waals surface area contributed by atoms with Crippen molar-refractivity contribution in [2.75, 3.05) is 18.5 Å². The first-order valence-corrected chi connectivity index (χ1v) is 15.2. The third kappa shape index (κ3) is 8.61. The fourth-order valence-electron chi connectivity index (χ4n) is 5.69. The average molecular weight is 575 g/mol. The van der Waals surface area contributed by atoms with Crippen LogP contribution in [0.3, 0.4) is 0 Å². The maximum absolute atomic E-state index is 13.5. The van der Waals surface area contributed by atoms with E-state index in [1.165, 1.54) is 36.2 Å². The minimum absolute atomic E-state index is 0.0313. The lowest BCUT2D eigenvalue weighted by Gasteiger charge is -2.26. The van der Waals surface area contributed by atoms with Gasteiger partial charge in [0.05, 0.1) is 25.3 Å². The van der Waals surface area contributed by atoms with E-state index in [9.17, 15) is 24.5 Å². The zero-order valence-corrected chi connectivity index (χ0v) is 23.7. The molecule has 218 valence electrons. The van der Waals surface area contributed by atoms with Gasteiger partial charge in [-0.2, -0.15) is 0 Å². The minimum atomic E-state index is -0.887. The van der Waals surface area contributed by atoms with Crippen LogP contribution in [0.2, 0.25) is 0 Å². The number of aromatic nitrogens is 2. The Hall–Kier alpha value is -3.28. The van der Waals surface area contributed by atoms with Crippen LogP contribution in [0.4, 0.5) is 5.13 Å². The molecule has 4 rings (SSSR count). The normalized spacial score (nSPS) is 15.9. The Morgan fingerprint density at radius 3 is 2.62 bits per heavy atom. The molecule has 0 bridgehead atoms. The number of amides is 1. The molecule has 2 aliphatic rings. The number of H-pyrrole nitrogens is 1. The molecule has 2 heterocycles. The van der Waals surface area contributed by atoms with E-state index in [1.807, 2.05) is 0 Å². The molecule has 1 fully saturated rings. The Bertz CT molecular complexity index is 1240. The Morgan fingerprint density at radius 2 is 1.85 bits per heavy atom. The maximum atomic E-state index is 13.5. The van der Waals surface area contributed by atoms with Crippen LogP contribution in [0, 0.1) is 16.0 Å². The number of rotatable bonds is 12. The third-order valence-electron chi connectivity index (χ3n) is 7.68. The summed E-state index contributed by atoms with van der Waals surface area (Å²) in [6.07, 6.45) is 13.5. The number of nitrogens with zero attached hydrogens (tertiary/aromatic N) is 2. The summed E-state index contributed by atoms with van der Waals surface area (Å²) in [6.45, 7) is -0.103. The van der Waals surface area contributed by atoms with Gasteiger partial charge in [0.15, 0.2) is 5.13 Å². The molecule has 12 heteroatoms. The summed E-state index contributed by atoms with van der Waals surface area (Å²) in [5, 5.41) is 14.2. The van der Waals surface area contributed by atoms with Gasteiger partial charge >= 0.3 is 5.97 Å². The summed E-state index contributed by atoms with van der Waals surface area (Å²) >= 11 is 1.25. The SMILES string of the molecule is O=C(CCc1csc(NC(=O)c2c(CC3CCCCC3)c3c([nH]c2=O)CCCCCC3)n1)OCCCO[N+](=O)[O-]. The highest BCUT2D eigenvalue weighted by molar-refractivity contribution is 7.14. The summed E-state index contributed by atoms with van der Waals surface area (Å²) in [5.74, 6) is -0.392. The summed E-state index contributed by atoms with van der Waals surface area (Å²) in [7, 11) is 0. The van der Waals surface area contributed by atoms with Gasteiger partial charge in [-0.15, -0.1) is 21.5 Å². The first kappa shape index (κ1) is 29.7. The van der Waals surface area contributed by atoms with Crippen molar-refractivity contribution in [2.24, 2.45) is 5.92 Å². The molecule has 2 aromatic rings. The Kier molecular flexibility index (Phi) is 11.1. The molecule has 0 atom stereocenters. The van der Waals surface area contributed by atoms with Crippen molar-refractivity contribution in [3.05, 3.63) is 53.9 Å². The number of fused-ring (bicyclic) bond motifs is 1.